The maximum Gasteiger partial charge on any atom is 0.288 e. The molecule has 1 aromatic carbocycles. The fourth-order valence-corrected chi connectivity index (χ4v) is 3.83. The molecule has 0 aliphatic heterocycles. The van der Waals surface area contributed by atoms with Crippen molar-refractivity contribution >= 4 is 29.0 Å². The fourth-order valence-electron chi connectivity index (χ4n) is 3.65. The first-order valence-electron chi connectivity index (χ1n) is 8.69. The van der Waals surface area contributed by atoms with Gasteiger partial charge in [-0.3, -0.25) is 14.9 Å². The summed E-state index contributed by atoms with van der Waals surface area (Å²) >= 11 is 5.94. The number of nitrogens with one attached hydrogen (secondary N) is 1. The van der Waals surface area contributed by atoms with Crippen LogP contribution in [0.4, 0.5) is 11.5 Å². The summed E-state index contributed by atoms with van der Waals surface area (Å²) in [5.74, 6) is 0.630. The van der Waals surface area contributed by atoms with Crippen molar-refractivity contribution in [3.63, 3.8) is 0 Å². The van der Waals surface area contributed by atoms with Crippen molar-refractivity contribution in [3.8, 4) is 0 Å². The average Bonchev–Trinajstić information content (AvgIpc) is 3.15. The topological polar surface area (TPSA) is 85.1 Å². The first kappa shape index (κ1) is 18.3. The van der Waals surface area contributed by atoms with Crippen LogP contribution in [-0.2, 0) is 4.79 Å². The highest BCUT2D eigenvalue weighted by Gasteiger charge is 2.30. The van der Waals surface area contributed by atoms with Crippen molar-refractivity contribution < 1.29 is 9.72 Å². The molecule has 1 fully saturated rings. The number of carbonyl (C=O) groups excluding carboxylic acids is 1. The summed E-state index contributed by atoms with van der Waals surface area (Å²) in [6.07, 6.45) is 6.18. The average molecular weight is 374 g/mol. The van der Waals surface area contributed by atoms with E-state index in [0.29, 0.717) is 11.7 Å². The Morgan fingerprint density at radius 1 is 1.31 bits per heavy atom. The third kappa shape index (κ3) is 4.38. The molecule has 1 aliphatic carbocycles. The molecule has 0 bridgehead atoms. The summed E-state index contributed by atoms with van der Waals surface area (Å²) in [7, 11) is 0. The molecule has 1 amide bonds. The van der Waals surface area contributed by atoms with Gasteiger partial charge in [0.15, 0.2) is 0 Å². The lowest BCUT2D eigenvalue weighted by Gasteiger charge is -2.23. The predicted octanol–water partition coefficient (Wildman–Crippen LogP) is 4.95. The SMILES string of the molecule is O=C(CC(c1ccc(Cl)c([N+](=O)[O-])c1)C1CCCC1)Nc1ccccn1. The molecule has 3 rings (SSSR count). The Hall–Kier alpha value is -2.47. The standard InChI is InChI=1S/C19H20ClN3O3/c20-16-9-8-14(11-17(16)23(25)26)15(13-5-1-2-6-13)12-19(24)22-18-7-3-4-10-21-18/h3-4,7-11,13,15H,1-2,5-6,12H2,(H,21,22,24). The van der Waals surface area contributed by atoms with E-state index < -0.39 is 4.92 Å². The summed E-state index contributed by atoms with van der Waals surface area (Å²) in [6, 6.07) is 10.2. The Balaban J connectivity index is 1.82. The van der Waals surface area contributed by atoms with Crippen molar-refractivity contribution in [2.75, 3.05) is 5.32 Å². The first-order chi connectivity index (χ1) is 12.5. The Kier molecular flexibility index (Phi) is 5.83. The van der Waals surface area contributed by atoms with Crippen LogP contribution in [0.1, 0.15) is 43.6 Å². The molecular formula is C19H20ClN3O3. The number of aromatic nitrogens is 1. The lowest BCUT2D eigenvalue weighted by molar-refractivity contribution is -0.384. The van der Waals surface area contributed by atoms with E-state index in [-0.39, 0.29) is 29.0 Å². The van der Waals surface area contributed by atoms with E-state index >= 15 is 0 Å². The number of anilines is 1. The fraction of sp³-hybridized carbons (Fsp3) is 0.368. The largest absolute Gasteiger partial charge is 0.311 e. The van der Waals surface area contributed by atoms with Crippen LogP contribution in [0, 0.1) is 16.0 Å². The molecular weight excluding hydrogens is 354 g/mol. The lowest BCUT2D eigenvalue weighted by Crippen LogP contribution is -2.20. The van der Waals surface area contributed by atoms with Gasteiger partial charge < -0.3 is 5.32 Å². The van der Waals surface area contributed by atoms with E-state index in [2.05, 4.69) is 10.3 Å². The molecule has 1 unspecified atom stereocenters. The van der Waals surface area contributed by atoms with Gasteiger partial charge in [0.25, 0.3) is 5.69 Å². The smallest absolute Gasteiger partial charge is 0.288 e. The number of rotatable bonds is 6. The van der Waals surface area contributed by atoms with Gasteiger partial charge in [-0.2, -0.15) is 0 Å². The minimum atomic E-state index is -0.481. The van der Waals surface area contributed by atoms with Gasteiger partial charge in [0.2, 0.25) is 5.91 Å². The molecule has 26 heavy (non-hydrogen) atoms. The first-order valence-corrected chi connectivity index (χ1v) is 9.07. The molecule has 1 atom stereocenters. The Morgan fingerprint density at radius 2 is 2.08 bits per heavy atom. The molecule has 1 saturated carbocycles. The molecule has 1 aliphatic rings. The van der Waals surface area contributed by atoms with Crippen LogP contribution in [-0.4, -0.2) is 15.8 Å². The van der Waals surface area contributed by atoms with E-state index in [1.54, 1.807) is 36.5 Å². The van der Waals surface area contributed by atoms with E-state index in [0.717, 1.165) is 31.2 Å². The van der Waals surface area contributed by atoms with Crippen molar-refractivity contribution in [3.05, 3.63) is 63.3 Å². The van der Waals surface area contributed by atoms with Crippen molar-refractivity contribution in [2.45, 2.75) is 38.0 Å². The zero-order valence-corrected chi connectivity index (χ0v) is 15.0. The number of amides is 1. The molecule has 1 N–H and O–H groups in total. The summed E-state index contributed by atoms with van der Waals surface area (Å²) in [5, 5.41) is 14.1. The number of benzene rings is 1. The highest BCUT2D eigenvalue weighted by atomic mass is 35.5. The predicted molar refractivity (Wildman–Crippen MR) is 100 cm³/mol. The highest BCUT2D eigenvalue weighted by molar-refractivity contribution is 6.32. The second-order valence-corrected chi connectivity index (χ2v) is 6.99. The number of nitrogens with zero attached hydrogens (tertiary/aromatic N) is 2. The maximum atomic E-state index is 12.5. The highest BCUT2D eigenvalue weighted by Crippen LogP contribution is 2.41. The molecule has 136 valence electrons. The van der Waals surface area contributed by atoms with Gasteiger partial charge in [-0.05, 0) is 48.4 Å². The Labute approximate surface area is 156 Å². The van der Waals surface area contributed by atoms with Gasteiger partial charge in [0.05, 0.1) is 4.92 Å². The quantitative estimate of drug-likeness (QED) is 0.573. The number of pyridine rings is 1. The van der Waals surface area contributed by atoms with Crippen LogP contribution >= 0.6 is 11.6 Å². The van der Waals surface area contributed by atoms with Gasteiger partial charge >= 0.3 is 0 Å². The van der Waals surface area contributed by atoms with E-state index in [9.17, 15) is 14.9 Å². The molecule has 1 heterocycles. The van der Waals surface area contributed by atoms with Gasteiger partial charge in [0, 0.05) is 18.7 Å². The van der Waals surface area contributed by atoms with Crippen LogP contribution in [0.3, 0.4) is 0 Å². The summed E-state index contributed by atoms with van der Waals surface area (Å²) in [5.41, 5.74) is 0.682. The van der Waals surface area contributed by atoms with Crippen LogP contribution < -0.4 is 5.32 Å². The van der Waals surface area contributed by atoms with Crippen molar-refractivity contribution in [1.29, 1.82) is 0 Å². The zero-order valence-electron chi connectivity index (χ0n) is 14.2. The normalized spacial score (nSPS) is 15.6. The van der Waals surface area contributed by atoms with Gasteiger partial charge in [-0.15, -0.1) is 0 Å². The number of halogens is 1. The second kappa shape index (κ2) is 8.27. The van der Waals surface area contributed by atoms with E-state index in [1.165, 1.54) is 6.07 Å². The van der Waals surface area contributed by atoms with E-state index in [1.807, 2.05) is 0 Å². The monoisotopic (exact) mass is 373 g/mol. The number of nitro benzene ring substituents is 1. The molecule has 0 spiro atoms. The molecule has 6 nitrogen and oxygen atoms in total. The number of carbonyl (C=O) groups is 1. The number of nitro groups is 1. The third-order valence-corrected chi connectivity index (χ3v) is 5.22. The van der Waals surface area contributed by atoms with Gasteiger partial charge in [-0.1, -0.05) is 36.6 Å². The van der Waals surface area contributed by atoms with Crippen LogP contribution in [0.2, 0.25) is 5.02 Å². The molecule has 1 aromatic heterocycles. The van der Waals surface area contributed by atoms with Gasteiger partial charge in [0.1, 0.15) is 10.8 Å². The molecule has 0 radical (unpaired) electrons. The number of hydrogen-bond acceptors (Lipinski definition) is 4. The minimum absolute atomic E-state index is 0.0721. The molecule has 2 aromatic rings. The minimum Gasteiger partial charge on any atom is -0.311 e. The second-order valence-electron chi connectivity index (χ2n) is 6.59. The Morgan fingerprint density at radius 3 is 2.73 bits per heavy atom. The molecule has 0 saturated heterocycles. The van der Waals surface area contributed by atoms with Crippen molar-refractivity contribution in [1.82, 2.24) is 4.98 Å². The van der Waals surface area contributed by atoms with Crippen molar-refractivity contribution in [2.24, 2.45) is 5.92 Å². The summed E-state index contributed by atoms with van der Waals surface area (Å²) < 4.78 is 0. The van der Waals surface area contributed by atoms with Crippen LogP contribution in [0.15, 0.2) is 42.6 Å². The van der Waals surface area contributed by atoms with Gasteiger partial charge in [-0.25, -0.2) is 4.98 Å². The number of hydrogen-bond donors (Lipinski definition) is 1. The van der Waals surface area contributed by atoms with Crippen LogP contribution in [0.5, 0.6) is 0 Å². The molecule has 7 heteroatoms. The lowest BCUT2D eigenvalue weighted by atomic mass is 9.82. The van der Waals surface area contributed by atoms with Crippen LogP contribution in [0.25, 0.3) is 0 Å². The summed E-state index contributed by atoms with van der Waals surface area (Å²) in [6.45, 7) is 0. The third-order valence-electron chi connectivity index (χ3n) is 4.90. The van der Waals surface area contributed by atoms with E-state index in [4.69, 9.17) is 11.6 Å². The Bertz CT molecular complexity index is 792. The summed E-state index contributed by atoms with van der Waals surface area (Å²) in [4.78, 5) is 27.4. The maximum absolute atomic E-state index is 12.5. The zero-order chi connectivity index (χ0) is 18.5.